The lowest BCUT2D eigenvalue weighted by molar-refractivity contribution is -0.384. The molecule has 0 spiro atoms. The van der Waals surface area contributed by atoms with Crippen molar-refractivity contribution in [1.29, 1.82) is 0 Å². The Morgan fingerprint density at radius 1 is 1.33 bits per heavy atom. The van der Waals surface area contributed by atoms with E-state index in [9.17, 15) is 28.1 Å². The standard InChI is InChI=1S/C12H10F3N3O3/c13-12(14,15)7-16-11(19)6-17-4-3-8-5-9(18(20)21)1-2-10(8)17/h1-5H,6-7H2,(H,16,19). The second-order valence-corrected chi connectivity index (χ2v) is 4.34. The quantitative estimate of drug-likeness (QED) is 0.695. The summed E-state index contributed by atoms with van der Waals surface area (Å²) in [6.45, 7) is -1.69. The van der Waals surface area contributed by atoms with E-state index < -0.39 is 23.6 Å². The summed E-state index contributed by atoms with van der Waals surface area (Å²) < 4.78 is 37.4. The molecule has 0 fully saturated rings. The highest BCUT2D eigenvalue weighted by Gasteiger charge is 2.27. The monoisotopic (exact) mass is 301 g/mol. The molecule has 0 aliphatic rings. The molecule has 6 nitrogen and oxygen atoms in total. The molecule has 1 amide bonds. The molecule has 1 aromatic heterocycles. The third kappa shape index (κ3) is 3.71. The highest BCUT2D eigenvalue weighted by Crippen LogP contribution is 2.21. The molecule has 112 valence electrons. The first-order valence-corrected chi connectivity index (χ1v) is 5.83. The Bertz CT molecular complexity index is 694. The summed E-state index contributed by atoms with van der Waals surface area (Å²) in [5, 5.41) is 12.9. The van der Waals surface area contributed by atoms with E-state index in [0.29, 0.717) is 10.9 Å². The molecule has 0 bridgehead atoms. The van der Waals surface area contributed by atoms with Gasteiger partial charge in [0.15, 0.2) is 0 Å². The molecule has 0 aliphatic heterocycles. The zero-order chi connectivity index (χ0) is 15.6. The van der Waals surface area contributed by atoms with Crippen LogP contribution in [0.1, 0.15) is 0 Å². The number of benzene rings is 1. The minimum atomic E-state index is -4.46. The predicted octanol–water partition coefficient (Wildman–Crippen LogP) is 2.23. The van der Waals surface area contributed by atoms with Gasteiger partial charge in [0.25, 0.3) is 5.69 Å². The van der Waals surface area contributed by atoms with Crippen molar-refractivity contribution >= 4 is 22.5 Å². The number of rotatable bonds is 4. The summed E-state index contributed by atoms with van der Waals surface area (Å²) in [7, 11) is 0. The zero-order valence-electron chi connectivity index (χ0n) is 10.6. The van der Waals surface area contributed by atoms with Crippen LogP contribution in [0.2, 0.25) is 0 Å². The van der Waals surface area contributed by atoms with Crippen LogP contribution in [0.5, 0.6) is 0 Å². The largest absolute Gasteiger partial charge is 0.405 e. The minimum absolute atomic E-state index is 0.0956. The average molecular weight is 301 g/mol. The fourth-order valence-corrected chi connectivity index (χ4v) is 1.85. The zero-order valence-corrected chi connectivity index (χ0v) is 10.6. The van der Waals surface area contributed by atoms with Gasteiger partial charge in [0.05, 0.1) is 4.92 Å². The van der Waals surface area contributed by atoms with Crippen molar-refractivity contribution in [3.63, 3.8) is 0 Å². The Morgan fingerprint density at radius 3 is 2.67 bits per heavy atom. The van der Waals surface area contributed by atoms with Crippen molar-refractivity contribution in [2.45, 2.75) is 12.7 Å². The SMILES string of the molecule is O=C(Cn1ccc2cc([N+](=O)[O-])ccc21)NCC(F)(F)F. The van der Waals surface area contributed by atoms with Crippen LogP contribution in [0.4, 0.5) is 18.9 Å². The molecule has 0 unspecified atom stereocenters. The van der Waals surface area contributed by atoms with Crippen molar-refractivity contribution in [2.24, 2.45) is 0 Å². The van der Waals surface area contributed by atoms with E-state index in [0.717, 1.165) is 0 Å². The molecule has 2 rings (SSSR count). The van der Waals surface area contributed by atoms with Gasteiger partial charge < -0.3 is 9.88 Å². The van der Waals surface area contributed by atoms with Crippen LogP contribution in [-0.4, -0.2) is 28.1 Å². The van der Waals surface area contributed by atoms with Gasteiger partial charge in [-0.1, -0.05) is 0 Å². The maximum absolute atomic E-state index is 12.0. The molecule has 0 aliphatic carbocycles. The van der Waals surface area contributed by atoms with E-state index in [4.69, 9.17) is 0 Å². The van der Waals surface area contributed by atoms with Gasteiger partial charge >= 0.3 is 6.18 Å². The number of hydrogen-bond donors (Lipinski definition) is 1. The summed E-state index contributed by atoms with van der Waals surface area (Å²) in [6, 6.07) is 5.61. The third-order valence-electron chi connectivity index (χ3n) is 2.77. The van der Waals surface area contributed by atoms with E-state index in [-0.39, 0.29) is 12.2 Å². The van der Waals surface area contributed by atoms with Gasteiger partial charge in [-0.15, -0.1) is 0 Å². The Labute approximate surface area is 116 Å². The molecule has 0 saturated carbocycles. The van der Waals surface area contributed by atoms with Crippen molar-refractivity contribution in [3.05, 3.63) is 40.6 Å². The summed E-state index contributed by atoms with van der Waals surface area (Å²) in [6.07, 6.45) is -2.98. The fourth-order valence-electron chi connectivity index (χ4n) is 1.85. The summed E-state index contributed by atoms with van der Waals surface area (Å²) in [4.78, 5) is 21.5. The Morgan fingerprint density at radius 2 is 2.05 bits per heavy atom. The molecule has 0 saturated heterocycles. The van der Waals surface area contributed by atoms with E-state index in [1.807, 2.05) is 0 Å². The average Bonchev–Trinajstić information content (AvgIpc) is 2.78. The minimum Gasteiger partial charge on any atom is -0.345 e. The number of nitro groups is 1. The summed E-state index contributed by atoms with van der Waals surface area (Å²) in [5.41, 5.74) is 0.435. The van der Waals surface area contributed by atoms with Crippen molar-refractivity contribution in [1.82, 2.24) is 9.88 Å². The van der Waals surface area contributed by atoms with E-state index in [1.54, 1.807) is 11.4 Å². The molecule has 21 heavy (non-hydrogen) atoms. The number of carbonyl (C=O) groups excluding carboxylic acids is 1. The molecule has 0 radical (unpaired) electrons. The van der Waals surface area contributed by atoms with E-state index in [2.05, 4.69) is 0 Å². The molecule has 0 atom stereocenters. The Kier molecular flexibility index (Phi) is 3.83. The second-order valence-electron chi connectivity index (χ2n) is 4.34. The lowest BCUT2D eigenvalue weighted by Crippen LogP contribution is -2.35. The number of alkyl halides is 3. The molecule has 1 aromatic carbocycles. The number of nitrogens with zero attached hydrogens (tertiary/aromatic N) is 2. The summed E-state index contributed by atoms with van der Waals surface area (Å²) in [5.74, 6) is -0.789. The second kappa shape index (κ2) is 5.43. The van der Waals surface area contributed by atoms with Crippen LogP contribution in [0, 0.1) is 10.1 Å². The van der Waals surface area contributed by atoms with Crippen LogP contribution in [0.3, 0.4) is 0 Å². The molecule has 9 heteroatoms. The highest BCUT2D eigenvalue weighted by molar-refractivity contribution is 5.85. The number of non-ortho nitro benzene ring substituents is 1. The number of nitro benzene ring substituents is 1. The van der Waals surface area contributed by atoms with Crippen molar-refractivity contribution in [3.8, 4) is 0 Å². The molecule has 1 heterocycles. The van der Waals surface area contributed by atoms with Crippen LogP contribution < -0.4 is 5.32 Å². The molecule has 1 N–H and O–H groups in total. The lowest BCUT2D eigenvalue weighted by Gasteiger charge is -2.09. The number of halogens is 3. The smallest absolute Gasteiger partial charge is 0.345 e. The first-order valence-electron chi connectivity index (χ1n) is 5.83. The number of nitrogens with one attached hydrogen (secondary N) is 1. The Hall–Kier alpha value is -2.58. The third-order valence-corrected chi connectivity index (χ3v) is 2.77. The van der Waals surface area contributed by atoms with Gasteiger partial charge in [-0.2, -0.15) is 13.2 Å². The van der Waals surface area contributed by atoms with Crippen LogP contribution in [-0.2, 0) is 11.3 Å². The highest BCUT2D eigenvalue weighted by atomic mass is 19.4. The molecule has 2 aromatic rings. The van der Waals surface area contributed by atoms with Crippen molar-refractivity contribution in [2.75, 3.05) is 6.54 Å². The predicted molar refractivity (Wildman–Crippen MR) is 67.7 cm³/mol. The van der Waals surface area contributed by atoms with Gasteiger partial charge in [-0.3, -0.25) is 14.9 Å². The van der Waals surface area contributed by atoms with Crippen LogP contribution >= 0.6 is 0 Å². The number of fused-ring (bicyclic) bond motifs is 1. The lowest BCUT2D eigenvalue weighted by atomic mass is 10.2. The van der Waals surface area contributed by atoms with Crippen molar-refractivity contribution < 1.29 is 22.9 Å². The van der Waals surface area contributed by atoms with E-state index >= 15 is 0 Å². The van der Waals surface area contributed by atoms with Gasteiger partial charge in [0, 0.05) is 29.2 Å². The van der Waals surface area contributed by atoms with Gasteiger partial charge in [-0.05, 0) is 12.1 Å². The van der Waals surface area contributed by atoms with E-state index in [1.165, 1.54) is 29.0 Å². The maximum Gasteiger partial charge on any atom is 0.405 e. The molecular formula is C12H10F3N3O3. The Balaban J connectivity index is 2.12. The summed E-state index contributed by atoms with van der Waals surface area (Å²) >= 11 is 0. The number of carbonyl (C=O) groups is 1. The van der Waals surface area contributed by atoms with Gasteiger partial charge in [0.1, 0.15) is 13.1 Å². The van der Waals surface area contributed by atoms with Gasteiger partial charge in [-0.25, -0.2) is 0 Å². The fraction of sp³-hybridized carbons (Fsp3) is 0.250. The van der Waals surface area contributed by atoms with Gasteiger partial charge in [0.2, 0.25) is 5.91 Å². The number of amides is 1. The molecular weight excluding hydrogens is 291 g/mol. The topological polar surface area (TPSA) is 77.2 Å². The first kappa shape index (κ1) is 14.8. The van der Waals surface area contributed by atoms with Crippen LogP contribution in [0.25, 0.3) is 10.9 Å². The number of aromatic nitrogens is 1. The first-order chi connectivity index (χ1) is 9.76. The normalized spacial score (nSPS) is 11.6. The maximum atomic E-state index is 12.0. The number of hydrogen-bond acceptors (Lipinski definition) is 3. The van der Waals surface area contributed by atoms with Crippen LogP contribution in [0.15, 0.2) is 30.5 Å².